The Morgan fingerprint density at radius 3 is 2.71 bits per heavy atom. The van der Waals surface area contributed by atoms with Gasteiger partial charge in [0.2, 0.25) is 0 Å². The normalized spacial score (nSPS) is 12.7. The molecule has 0 fully saturated rings. The molecule has 0 aliphatic rings. The maximum absolute atomic E-state index is 13.1. The van der Waals surface area contributed by atoms with E-state index in [1.54, 1.807) is 0 Å². The summed E-state index contributed by atoms with van der Waals surface area (Å²) in [5, 5.41) is 13.0. The smallest absolute Gasteiger partial charge is 0.125 e. The van der Waals surface area contributed by atoms with Crippen LogP contribution in [0.15, 0.2) is 16.6 Å². The van der Waals surface area contributed by atoms with Gasteiger partial charge in [-0.05, 0) is 41.9 Å². The molecule has 0 aliphatic heterocycles. The van der Waals surface area contributed by atoms with E-state index in [1.807, 2.05) is 13.8 Å². The van der Waals surface area contributed by atoms with Crippen molar-refractivity contribution in [1.82, 2.24) is 0 Å². The molecule has 21 heavy (non-hydrogen) atoms. The lowest BCUT2D eigenvalue weighted by Gasteiger charge is -2.15. The van der Waals surface area contributed by atoms with Crippen molar-refractivity contribution in [2.24, 2.45) is 0 Å². The molecule has 0 saturated carbocycles. The third-order valence-electron chi connectivity index (χ3n) is 2.51. The molecule has 1 unspecified atom stereocenters. The van der Waals surface area contributed by atoms with Crippen molar-refractivity contribution < 1.29 is 19.0 Å². The number of ether oxygens (including phenoxy) is 2. The van der Waals surface area contributed by atoms with Crippen LogP contribution in [0, 0.1) is 5.82 Å². The van der Waals surface area contributed by atoms with Gasteiger partial charge in [0.15, 0.2) is 0 Å². The zero-order chi connectivity index (χ0) is 15.8. The molecule has 4 nitrogen and oxygen atoms in total. The predicted octanol–water partition coefficient (Wildman–Crippen LogP) is 3.46. The average Bonchev–Trinajstić information content (AvgIpc) is 2.36. The minimum absolute atomic E-state index is 0.165. The fourth-order valence-electron chi connectivity index (χ4n) is 1.55. The molecule has 1 rings (SSSR count). The Hall–Kier alpha value is -0.400. The lowest BCUT2D eigenvalue weighted by atomic mass is 10.3. The molecular weight excluding hydrogens is 365 g/mol. The monoisotopic (exact) mass is 383 g/mol. The van der Waals surface area contributed by atoms with E-state index in [4.69, 9.17) is 21.1 Å². The zero-order valence-corrected chi connectivity index (χ0v) is 14.4. The van der Waals surface area contributed by atoms with Crippen LogP contribution in [0.3, 0.4) is 0 Å². The van der Waals surface area contributed by atoms with Crippen molar-refractivity contribution in [1.29, 1.82) is 0 Å². The topological polar surface area (TPSA) is 50.7 Å². The standard InChI is InChI=1S/C14H20BrClFNO3/c1-9(2)21-4-3-20-8-11(19)7-18-14-12(15)5-10(17)6-13(14)16/h5-6,9,11,18-19H,3-4,7-8H2,1-2H3. The molecule has 0 spiro atoms. The van der Waals surface area contributed by atoms with Gasteiger partial charge in [-0.1, -0.05) is 11.6 Å². The Morgan fingerprint density at radius 2 is 2.10 bits per heavy atom. The van der Waals surface area contributed by atoms with E-state index in [2.05, 4.69) is 21.2 Å². The first kappa shape index (κ1) is 18.6. The van der Waals surface area contributed by atoms with E-state index >= 15 is 0 Å². The van der Waals surface area contributed by atoms with Crippen molar-refractivity contribution in [3.05, 3.63) is 27.4 Å². The highest BCUT2D eigenvalue weighted by Gasteiger charge is 2.10. The van der Waals surface area contributed by atoms with Gasteiger partial charge in [-0.15, -0.1) is 0 Å². The van der Waals surface area contributed by atoms with E-state index < -0.39 is 11.9 Å². The second-order valence-corrected chi connectivity index (χ2v) is 6.04. The number of aliphatic hydroxyl groups excluding tert-OH is 1. The molecule has 1 atom stereocenters. The molecule has 120 valence electrons. The molecule has 0 bridgehead atoms. The van der Waals surface area contributed by atoms with Gasteiger partial charge in [-0.2, -0.15) is 0 Å². The minimum atomic E-state index is -0.697. The Bertz CT molecular complexity index is 425. The maximum atomic E-state index is 13.1. The van der Waals surface area contributed by atoms with Crippen molar-refractivity contribution in [3.63, 3.8) is 0 Å². The summed E-state index contributed by atoms with van der Waals surface area (Å²) in [5.41, 5.74) is 0.542. The highest BCUT2D eigenvalue weighted by Crippen LogP contribution is 2.31. The van der Waals surface area contributed by atoms with Crippen molar-refractivity contribution in [2.75, 3.05) is 31.7 Å². The van der Waals surface area contributed by atoms with Crippen LogP contribution in [0.5, 0.6) is 0 Å². The minimum Gasteiger partial charge on any atom is -0.389 e. The predicted molar refractivity (Wildman–Crippen MR) is 85.5 cm³/mol. The average molecular weight is 385 g/mol. The number of benzene rings is 1. The Balaban J connectivity index is 2.29. The fourth-order valence-corrected chi connectivity index (χ4v) is 2.51. The molecule has 7 heteroatoms. The third-order valence-corrected chi connectivity index (χ3v) is 3.43. The molecular formula is C14H20BrClFNO3. The van der Waals surface area contributed by atoms with Crippen LogP contribution in [0.1, 0.15) is 13.8 Å². The van der Waals surface area contributed by atoms with Crippen LogP contribution >= 0.6 is 27.5 Å². The Kier molecular flexibility index (Phi) is 8.51. The number of rotatable bonds is 9. The van der Waals surface area contributed by atoms with E-state index in [-0.39, 0.29) is 24.3 Å². The fraction of sp³-hybridized carbons (Fsp3) is 0.571. The Labute approximate surface area is 137 Å². The van der Waals surface area contributed by atoms with Crippen LogP contribution in [-0.2, 0) is 9.47 Å². The summed E-state index contributed by atoms with van der Waals surface area (Å²) in [7, 11) is 0. The summed E-state index contributed by atoms with van der Waals surface area (Å²) in [6.07, 6.45) is -0.532. The van der Waals surface area contributed by atoms with Gasteiger partial charge in [0, 0.05) is 11.0 Å². The van der Waals surface area contributed by atoms with E-state index in [0.717, 1.165) is 0 Å². The molecule has 0 amide bonds. The van der Waals surface area contributed by atoms with E-state index in [0.29, 0.717) is 23.4 Å². The van der Waals surface area contributed by atoms with Gasteiger partial charge < -0.3 is 19.9 Å². The number of anilines is 1. The van der Waals surface area contributed by atoms with Crippen LogP contribution in [0.2, 0.25) is 5.02 Å². The van der Waals surface area contributed by atoms with Crippen molar-refractivity contribution >= 4 is 33.2 Å². The molecule has 0 aliphatic carbocycles. The summed E-state index contributed by atoms with van der Waals surface area (Å²) < 4.78 is 24.2. The van der Waals surface area contributed by atoms with Crippen LogP contribution in [0.25, 0.3) is 0 Å². The second-order valence-electron chi connectivity index (χ2n) is 4.77. The number of hydrogen-bond donors (Lipinski definition) is 2. The molecule has 0 aromatic heterocycles. The summed E-state index contributed by atoms with van der Waals surface area (Å²) >= 11 is 9.15. The first-order chi connectivity index (χ1) is 9.90. The SMILES string of the molecule is CC(C)OCCOCC(O)CNc1c(Cl)cc(F)cc1Br. The van der Waals surface area contributed by atoms with E-state index in [9.17, 15) is 9.50 Å². The second kappa shape index (κ2) is 9.58. The molecule has 1 aromatic carbocycles. The molecule has 0 saturated heterocycles. The maximum Gasteiger partial charge on any atom is 0.125 e. The molecule has 0 radical (unpaired) electrons. The van der Waals surface area contributed by atoms with Gasteiger partial charge in [-0.25, -0.2) is 4.39 Å². The van der Waals surface area contributed by atoms with Crippen LogP contribution in [0.4, 0.5) is 10.1 Å². The number of nitrogens with one attached hydrogen (secondary N) is 1. The summed E-state index contributed by atoms with van der Waals surface area (Å²) in [6.45, 7) is 5.25. The Morgan fingerprint density at radius 1 is 1.38 bits per heavy atom. The van der Waals surface area contributed by atoms with Gasteiger partial charge in [0.1, 0.15) is 5.82 Å². The van der Waals surface area contributed by atoms with Gasteiger partial charge in [-0.3, -0.25) is 0 Å². The lowest BCUT2D eigenvalue weighted by molar-refractivity contribution is -0.00734. The molecule has 2 N–H and O–H groups in total. The third kappa shape index (κ3) is 7.42. The zero-order valence-electron chi connectivity index (χ0n) is 12.0. The van der Waals surface area contributed by atoms with Crippen molar-refractivity contribution in [2.45, 2.75) is 26.1 Å². The van der Waals surface area contributed by atoms with Crippen LogP contribution < -0.4 is 5.32 Å². The van der Waals surface area contributed by atoms with E-state index in [1.165, 1.54) is 12.1 Å². The summed E-state index contributed by atoms with van der Waals surface area (Å²) in [6, 6.07) is 2.52. The summed E-state index contributed by atoms with van der Waals surface area (Å²) in [4.78, 5) is 0. The molecule has 1 aromatic rings. The first-order valence-corrected chi connectivity index (χ1v) is 7.83. The van der Waals surface area contributed by atoms with Crippen molar-refractivity contribution in [3.8, 4) is 0 Å². The first-order valence-electron chi connectivity index (χ1n) is 6.66. The number of halogens is 3. The highest BCUT2D eigenvalue weighted by molar-refractivity contribution is 9.10. The largest absolute Gasteiger partial charge is 0.389 e. The van der Waals surface area contributed by atoms with Gasteiger partial charge in [0.05, 0.1) is 42.7 Å². The molecule has 0 heterocycles. The summed E-state index contributed by atoms with van der Waals surface area (Å²) in [5.74, 6) is -0.425. The van der Waals surface area contributed by atoms with Gasteiger partial charge in [0.25, 0.3) is 0 Å². The quantitative estimate of drug-likeness (QED) is 0.640. The van der Waals surface area contributed by atoms with Crippen LogP contribution in [-0.4, -0.2) is 43.7 Å². The number of aliphatic hydroxyl groups is 1. The lowest BCUT2D eigenvalue weighted by Crippen LogP contribution is -2.26. The van der Waals surface area contributed by atoms with Gasteiger partial charge >= 0.3 is 0 Å². The highest BCUT2D eigenvalue weighted by atomic mass is 79.9. The number of hydrogen-bond acceptors (Lipinski definition) is 4.